The molecule has 2 fully saturated rings. The summed E-state index contributed by atoms with van der Waals surface area (Å²) in [6.45, 7) is 0.609. The van der Waals surface area contributed by atoms with Crippen molar-refractivity contribution in [2.45, 2.75) is 25.7 Å². The summed E-state index contributed by atoms with van der Waals surface area (Å²) in [5, 5.41) is 14.2. The Morgan fingerprint density at radius 1 is 1.33 bits per heavy atom. The third kappa shape index (κ3) is 3.35. The van der Waals surface area contributed by atoms with Gasteiger partial charge in [0.1, 0.15) is 5.56 Å². The Kier molecular flexibility index (Phi) is 3.85. The average Bonchev–Trinajstić information content (AvgIpc) is 3.32. The SMILES string of the molecule is O=C(NCC(C1CC1)C1CC1)c1cc(Cl)ccc1[N+](=O)[O-]. The molecule has 0 bridgehead atoms. The molecule has 3 rings (SSSR count). The van der Waals surface area contributed by atoms with Gasteiger partial charge in [-0.25, -0.2) is 0 Å². The maximum absolute atomic E-state index is 12.2. The van der Waals surface area contributed by atoms with Gasteiger partial charge in [0.25, 0.3) is 11.6 Å². The van der Waals surface area contributed by atoms with Crippen LogP contribution >= 0.6 is 11.6 Å². The van der Waals surface area contributed by atoms with Gasteiger partial charge in [-0.15, -0.1) is 0 Å². The van der Waals surface area contributed by atoms with E-state index in [2.05, 4.69) is 5.32 Å². The highest BCUT2D eigenvalue weighted by Crippen LogP contribution is 2.48. The highest BCUT2D eigenvalue weighted by Gasteiger charge is 2.41. The van der Waals surface area contributed by atoms with Gasteiger partial charge in [0, 0.05) is 17.6 Å². The van der Waals surface area contributed by atoms with Crippen molar-refractivity contribution in [3.63, 3.8) is 0 Å². The molecule has 1 amide bonds. The number of nitro groups is 1. The molecule has 1 aromatic carbocycles. The Bertz CT molecular complexity index is 570. The molecule has 21 heavy (non-hydrogen) atoms. The number of nitro benzene ring substituents is 1. The molecule has 0 aromatic heterocycles. The lowest BCUT2D eigenvalue weighted by Crippen LogP contribution is -2.31. The molecule has 1 aromatic rings. The van der Waals surface area contributed by atoms with Crippen molar-refractivity contribution in [1.82, 2.24) is 5.32 Å². The van der Waals surface area contributed by atoms with E-state index in [1.165, 1.54) is 43.9 Å². The smallest absolute Gasteiger partial charge is 0.282 e. The van der Waals surface area contributed by atoms with Crippen LogP contribution in [0.25, 0.3) is 0 Å². The molecule has 0 aliphatic heterocycles. The lowest BCUT2D eigenvalue weighted by molar-refractivity contribution is -0.385. The molecule has 0 atom stereocenters. The zero-order valence-corrected chi connectivity index (χ0v) is 12.3. The van der Waals surface area contributed by atoms with Crippen LogP contribution in [-0.2, 0) is 0 Å². The van der Waals surface area contributed by atoms with Gasteiger partial charge >= 0.3 is 0 Å². The van der Waals surface area contributed by atoms with Crippen molar-refractivity contribution < 1.29 is 9.72 Å². The van der Waals surface area contributed by atoms with E-state index in [0.29, 0.717) is 17.5 Å². The third-order valence-electron chi connectivity index (χ3n) is 4.35. The number of nitrogens with zero attached hydrogens (tertiary/aromatic N) is 1. The van der Waals surface area contributed by atoms with Gasteiger partial charge in [0.05, 0.1) is 4.92 Å². The summed E-state index contributed by atoms with van der Waals surface area (Å²) in [6, 6.07) is 4.06. The number of nitrogens with one attached hydrogen (secondary N) is 1. The van der Waals surface area contributed by atoms with E-state index in [4.69, 9.17) is 11.6 Å². The molecule has 0 saturated heterocycles. The molecule has 5 nitrogen and oxygen atoms in total. The summed E-state index contributed by atoms with van der Waals surface area (Å²) < 4.78 is 0. The van der Waals surface area contributed by atoms with Gasteiger partial charge in [0.15, 0.2) is 0 Å². The van der Waals surface area contributed by atoms with Crippen LogP contribution in [0.1, 0.15) is 36.0 Å². The first-order valence-electron chi connectivity index (χ1n) is 7.28. The number of hydrogen-bond acceptors (Lipinski definition) is 3. The fourth-order valence-corrected chi connectivity index (χ4v) is 3.09. The number of hydrogen-bond donors (Lipinski definition) is 1. The summed E-state index contributed by atoms with van der Waals surface area (Å²) >= 11 is 5.85. The lowest BCUT2D eigenvalue weighted by Gasteiger charge is -2.16. The van der Waals surface area contributed by atoms with Gasteiger partial charge in [-0.05, 0) is 55.6 Å². The summed E-state index contributed by atoms with van der Waals surface area (Å²) in [7, 11) is 0. The molecule has 1 N–H and O–H groups in total. The van der Waals surface area contributed by atoms with Crippen LogP contribution in [0, 0.1) is 27.9 Å². The zero-order chi connectivity index (χ0) is 15.0. The topological polar surface area (TPSA) is 72.2 Å². The van der Waals surface area contributed by atoms with Crippen molar-refractivity contribution in [3.8, 4) is 0 Å². The zero-order valence-electron chi connectivity index (χ0n) is 11.5. The quantitative estimate of drug-likeness (QED) is 0.646. The average molecular weight is 309 g/mol. The molecular weight excluding hydrogens is 292 g/mol. The summed E-state index contributed by atoms with van der Waals surface area (Å²) in [6.07, 6.45) is 4.98. The fraction of sp³-hybridized carbons (Fsp3) is 0.533. The summed E-state index contributed by atoms with van der Waals surface area (Å²) in [5.74, 6) is 1.59. The predicted octanol–water partition coefficient (Wildman–Crippen LogP) is 3.41. The third-order valence-corrected chi connectivity index (χ3v) is 4.59. The number of halogens is 1. The van der Waals surface area contributed by atoms with Gasteiger partial charge in [-0.1, -0.05) is 11.6 Å². The molecular formula is C15H17ClN2O3. The largest absolute Gasteiger partial charge is 0.352 e. The first kappa shape index (κ1) is 14.3. The maximum atomic E-state index is 12.2. The maximum Gasteiger partial charge on any atom is 0.282 e. The van der Waals surface area contributed by atoms with Crippen molar-refractivity contribution in [1.29, 1.82) is 0 Å². The lowest BCUT2D eigenvalue weighted by atomic mass is 9.98. The van der Waals surface area contributed by atoms with E-state index < -0.39 is 10.8 Å². The predicted molar refractivity (Wildman–Crippen MR) is 79.4 cm³/mol. The number of amides is 1. The Morgan fingerprint density at radius 2 is 1.95 bits per heavy atom. The Morgan fingerprint density at radius 3 is 2.48 bits per heavy atom. The normalized spacial score (nSPS) is 17.8. The van der Waals surface area contributed by atoms with Crippen LogP contribution in [0.5, 0.6) is 0 Å². The summed E-state index contributed by atoms with van der Waals surface area (Å²) in [4.78, 5) is 22.7. The van der Waals surface area contributed by atoms with E-state index in [1.807, 2.05) is 0 Å². The number of rotatable bonds is 6. The van der Waals surface area contributed by atoms with E-state index >= 15 is 0 Å². The van der Waals surface area contributed by atoms with Crippen LogP contribution in [-0.4, -0.2) is 17.4 Å². The van der Waals surface area contributed by atoms with Crippen LogP contribution in [0.3, 0.4) is 0 Å². The van der Waals surface area contributed by atoms with Crippen LogP contribution in [0.4, 0.5) is 5.69 Å². The van der Waals surface area contributed by atoms with Crippen LogP contribution < -0.4 is 5.32 Å². The minimum atomic E-state index is -0.551. The fourth-order valence-electron chi connectivity index (χ4n) is 2.92. The second kappa shape index (κ2) is 5.64. The molecule has 0 spiro atoms. The van der Waals surface area contributed by atoms with Gasteiger partial charge < -0.3 is 5.32 Å². The van der Waals surface area contributed by atoms with E-state index in [1.54, 1.807) is 0 Å². The highest BCUT2D eigenvalue weighted by atomic mass is 35.5. The van der Waals surface area contributed by atoms with Gasteiger partial charge in [-0.2, -0.15) is 0 Å². The standard InChI is InChI=1S/C15H17ClN2O3/c16-11-5-6-14(18(20)21)12(7-11)15(19)17-8-13(9-1-2-9)10-3-4-10/h5-7,9-10,13H,1-4,8H2,(H,17,19). The second-order valence-electron chi connectivity index (χ2n) is 5.97. The van der Waals surface area contributed by atoms with E-state index in [9.17, 15) is 14.9 Å². The highest BCUT2D eigenvalue weighted by molar-refractivity contribution is 6.31. The molecule has 112 valence electrons. The molecule has 6 heteroatoms. The first-order chi connectivity index (χ1) is 10.1. The van der Waals surface area contributed by atoms with Crippen LogP contribution in [0.15, 0.2) is 18.2 Å². The minimum absolute atomic E-state index is 0.0397. The monoisotopic (exact) mass is 308 g/mol. The minimum Gasteiger partial charge on any atom is -0.352 e. The van der Waals surface area contributed by atoms with Crippen molar-refractivity contribution in [2.24, 2.45) is 17.8 Å². The van der Waals surface area contributed by atoms with Crippen LogP contribution in [0.2, 0.25) is 5.02 Å². The molecule has 0 radical (unpaired) electrons. The van der Waals surface area contributed by atoms with Crippen molar-refractivity contribution in [2.75, 3.05) is 6.54 Å². The van der Waals surface area contributed by atoms with Crippen molar-refractivity contribution in [3.05, 3.63) is 38.9 Å². The molecule has 2 saturated carbocycles. The van der Waals surface area contributed by atoms with Crippen molar-refractivity contribution >= 4 is 23.2 Å². The number of carbonyl (C=O) groups excluding carboxylic acids is 1. The number of carbonyl (C=O) groups is 1. The Balaban J connectivity index is 1.69. The molecule has 0 heterocycles. The Labute approximate surface area is 127 Å². The number of benzene rings is 1. The van der Waals surface area contributed by atoms with E-state index in [-0.39, 0.29) is 11.3 Å². The molecule has 2 aliphatic rings. The second-order valence-corrected chi connectivity index (χ2v) is 6.40. The first-order valence-corrected chi connectivity index (χ1v) is 7.66. The molecule has 2 aliphatic carbocycles. The van der Waals surface area contributed by atoms with Gasteiger partial charge in [0.2, 0.25) is 0 Å². The molecule has 0 unspecified atom stereocenters. The summed E-state index contributed by atoms with van der Waals surface area (Å²) in [5.41, 5.74) is -0.163. The van der Waals surface area contributed by atoms with E-state index in [0.717, 1.165) is 11.8 Å². The van der Waals surface area contributed by atoms with Gasteiger partial charge in [-0.3, -0.25) is 14.9 Å². The Hall–Kier alpha value is -1.62.